The zero-order chi connectivity index (χ0) is 11.7. The third-order valence-corrected chi connectivity index (χ3v) is 2.55. The highest BCUT2D eigenvalue weighted by atomic mass is 16.5. The molecule has 0 aliphatic heterocycles. The molecule has 0 bridgehead atoms. The van der Waals surface area contributed by atoms with E-state index < -0.39 is 0 Å². The molecule has 0 aromatic rings. The number of aliphatic hydroxyl groups is 1. The molecule has 0 aromatic heterocycles. The lowest BCUT2D eigenvalue weighted by molar-refractivity contribution is 0.0777. The lowest BCUT2D eigenvalue weighted by Gasteiger charge is -2.21. The molecule has 0 saturated heterocycles. The molecule has 0 saturated carbocycles. The fourth-order valence-electron chi connectivity index (χ4n) is 1.20. The van der Waals surface area contributed by atoms with Crippen LogP contribution in [0.3, 0.4) is 0 Å². The molecular weight excluding hydrogens is 192 g/mol. The van der Waals surface area contributed by atoms with E-state index in [1.54, 1.807) is 0 Å². The van der Waals surface area contributed by atoms with Gasteiger partial charge in [-0.1, -0.05) is 13.8 Å². The Balaban J connectivity index is 3.36. The molecule has 0 aliphatic carbocycles. The van der Waals surface area contributed by atoms with Gasteiger partial charge >= 0.3 is 0 Å². The maximum Gasteiger partial charge on any atom is 0.0698 e. The normalized spacial score (nSPS) is 13.8. The number of ether oxygens (including phenoxy) is 1. The molecule has 1 atom stereocenters. The van der Waals surface area contributed by atoms with Gasteiger partial charge in [-0.2, -0.15) is 0 Å². The highest BCUT2D eigenvalue weighted by molar-refractivity contribution is 4.67. The van der Waals surface area contributed by atoms with Gasteiger partial charge in [-0.15, -0.1) is 0 Å². The first-order valence-electron chi connectivity index (χ1n) is 5.70. The Labute approximate surface area is 93.4 Å². The van der Waals surface area contributed by atoms with E-state index in [0.29, 0.717) is 19.1 Å². The highest BCUT2D eigenvalue weighted by Crippen LogP contribution is 2.03. The van der Waals surface area contributed by atoms with Crippen molar-refractivity contribution in [2.24, 2.45) is 11.7 Å². The Morgan fingerprint density at radius 2 is 1.93 bits per heavy atom. The van der Waals surface area contributed by atoms with E-state index >= 15 is 0 Å². The lowest BCUT2D eigenvalue weighted by Crippen LogP contribution is -2.33. The summed E-state index contributed by atoms with van der Waals surface area (Å²) in [6.07, 6.45) is 1.02. The molecule has 0 spiro atoms. The molecule has 1 unspecified atom stereocenters. The van der Waals surface area contributed by atoms with Gasteiger partial charge in [0, 0.05) is 12.6 Å². The molecule has 4 nitrogen and oxygen atoms in total. The number of nitrogens with two attached hydrogens (primary N) is 1. The number of nitrogens with zero attached hydrogens (tertiary/aromatic N) is 1. The van der Waals surface area contributed by atoms with E-state index in [2.05, 4.69) is 25.8 Å². The molecule has 0 heterocycles. The minimum Gasteiger partial charge on any atom is -0.394 e. The molecule has 92 valence electrons. The van der Waals surface area contributed by atoms with Crippen molar-refractivity contribution in [2.45, 2.75) is 26.3 Å². The van der Waals surface area contributed by atoms with Gasteiger partial charge in [0.2, 0.25) is 0 Å². The van der Waals surface area contributed by atoms with Crippen molar-refractivity contribution in [2.75, 3.05) is 40.0 Å². The average molecular weight is 218 g/mol. The largest absolute Gasteiger partial charge is 0.394 e. The smallest absolute Gasteiger partial charge is 0.0698 e. The number of rotatable bonds is 9. The summed E-state index contributed by atoms with van der Waals surface area (Å²) in [7, 11) is 2.06. The van der Waals surface area contributed by atoms with Crippen LogP contribution in [0, 0.1) is 5.92 Å². The van der Waals surface area contributed by atoms with Crippen LogP contribution in [0.1, 0.15) is 20.3 Å². The molecule has 4 heteroatoms. The van der Waals surface area contributed by atoms with Crippen molar-refractivity contribution in [3.63, 3.8) is 0 Å². The fraction of sp³-hybridized carbons (Fsp3) is 1.00. The second-order valence-electron chi connectivity index (χ2n) is 4.34. The molecule has 0 amide bonds. The molecule has 15 heavy (non-hydrogen) atoms. The number of likely N-dealkylation sites (N-methyl/N-ethyl adjacent to an activating group) is 1. The van der Waals surface area contributed by atoms with Crippen LogP contribution in [-0.4, -0.2) is 56.0 Å². The van der Waals surface area contributed by atoms with E-state index in [-0.39, 0.29) is 12.6 Å². The lowest BCUT2D eigenvalue weighted by atomic mass is 10.0. The van der Waals surface area contributed by atoms with Crippen molar-refractivity contribution in [3.05, 3.63) is 0 Å². The summed E-state index contributed by atoms with van der Waals surface area (Å²) in [6, 6.07) is 0.283. The number of aliphatic hydroxyl groups excluding tert-OH is 1. The van der Waals surface area contributed by atoms with Crippen LogP contribution in [0.4, 0.5) is 0 Å². The minimum absolute atomic E-state index is 0.0991. The molecule has 0 aliphatic rings. The molecular formula is C11H26N2O2. The summed E-state index contributed by atoms with van der Waals surface area (Å²) in [5, 5.41) is 8.51. The fourth-order valence-corrected chi connectivity index (χ4v) is 1.20. The zero-order valence-electron chi connectivity index (χ0n) is 10.3. The zero-order valence-corrected chi connectivity index (χ0v) is 10.3. The van der Waals surface area contributed by atoms with Gasteiger partial charge in [0.05, 0.1) is 19.8 Å². The Hall–Kier alpha value is -0.160. The molecule has 0 rings (SSSR count). The molecule has 0 aromatic carbocycles. The minimum atomic E-state index is 0.0991. The Morgan fingerprint density at radius 1 is 1.27 bits per heavy atom. The number of hydrogen-bond donors (Lipinski definition) is 2. The van der Waals surface area contributed by atoms with Gasteiger partial charge in [0.25, 0.3) is 0 Å². The van der Waals surface area contributed by atoms with Crippen LogP contribution >= 0.6 is 0 Å². The Kier molecular flexibility index (Phi) is 9.00. The van der Waals surface area contributed by atoms with Crippen LogP contribution in [0.5, 0.6) is 0 Å². The van der Waals surface area contributed by atoms with Gasteiger partial charge in [0.15, 0.2) is 0 Å². The van der Waals surface area contributed by atoms with Gasteiger partial charge in [0.1, 0.15) is 0 Å². The van der Waals surface area contributed by atoms with Crippen molar-refractivity contribution < 1.29 is 9.84 Å². The molecule has 0 radical (unpaired) electrons. The van der Waals surface area contributed by atoms with Crippen LogP contribution < -0.4 is 5.73 Å². The summed E-state index contributed by atoms with van der Waals surface area (Å²) in [4.78, 5) is 2.21. The van der Waals surface area contributed by atoms with Gasteiger partial charge in [-0.3, -0.25) is 0 Å². The first-order valence-corrected chi connectivity index (χ1v) is 5.70. The molecule has 0 fully saturated rings. The standard InChI is InChI=1S/C11H26N2O2/c1-10(2)11(12)4-5-13(3)6-8-15-9-7-14/h10-11,14H,4-9,12H2,1-3H3. The van der Waals surface area contributed by atoms with E-state index in [4.69, 9.17) is 15.6 Å². The average Bonchev–Trinajstić information content (AvgIpc) is 2.20. The maximum atomic E-state index is 8.51. The summed E-state index contributed by atoms with van der Waals surface area (Å²) in [6.45, 7) is 7.39. The monoisotopic (exact) mass is 218 g/mol. The third kappa shape index (κ3) is 8.81. The topological polar surface area (TPSA) is 58.7 Å². The van der Waals surface area contributed by atoms with Crippen molar-refractivity contribution in [1.29, 1.82) is 0 Å². The van der Waals surface area contributed by atoms with Crippen molar-refractivity contribution in [3.8, 4) is 0 Å². The third-order valence-electron chi connectivity index (χ3n) is 2.55. The van der Waals surface area contributed by atoms with E-state index in [9.17, 15) is 0 Å². The van der Waals surface area contributed by atoms with Crippen molar-refractivity contribution >= 4 is 0 Å². The predicted molar refractivity (Wildman–Crippen MR) is 62.8 cm³/mol. The van der Waals surface area contributed by atoms with Gasteiger partial charge < -0.3 is 20.5 Å². The predicted octanol–water partition coefficient (Wildman–Crippen LogP) is 0.301. The maximum absolute atomic E-state index is 8.51. The second-order valence-corrected chi connectivity index (χ2v) is 4.34. The van der Waals surface area contributed by atoms with Crippen LogP contribution in [0.25, 0.3) is 0 Å². The highest BCUT2D eigenvalue weighted by Gasteiger charge is 2.08. The number of hydrogen-bond acceptors (Lipinski definition) is 4. The van der Waals surface area contributed by atoms with Crippen LogP contribution in [0.2, 0.25) is 0 Å². The SMILES string of the molecule is CC(C)C(N)CCN(C)CCOCCO. The summed E-state index contributed by atoms with van der Waals surface area (Å²) >= 11 is 0. The van der Waals surface area contributed by atoms with E-state index in [0.717, 1.165) is 19.5 Å². The Morgan fingerprint density at radius 3 is 2.47 bits per heavy atom. The van der Waals surface area contributed by atoms with E-state index in [1.165, 1.54) is 0 Å². The van der Waals surface area contributed by atoms with Gasteiger partial charge in [-0.05, 0) is 25.9 Å². The van der Waals surface area contributed by atoms with Gasteiger partial charge in [-0.25, -0.2) is 0 Å². The van der Waals surface area contributed by atoms with E-state index in [1.807, 2.05) is 0 Å². The second kappa shape index (κ2) is 9.09. The summed E-state index contributed by atoms with van der Waals surface area (Å²) in [5.41, 5.74) is 5.95. The summed E-state index contributed by atoms with van der Waals surface area (Å²) in [5.74, 6) is 0.545. The molecule has 3 N–H and O–H groups in total. The van der Waals surface area contributed by atoms with Crippen molar-refractivity contribution in [1.82, 2.24) is 4.90 Å². The first-order chi connectivity index (χ1) is 7.07. The first kappa shape index (κ1) is 14.8. The summed E-state index contributed by atoms with van der Waals surface area (Å²) < 4.78 is 5.18. The van der Waals surface area contributed by atoms with Crippen LogP contribution in [-0.2, 0) is 4.74 Å². The van der Waals surface area contributed by atoms with Crippen LogP contribution in [0.15, 0.2) is 0 Å². The quantitative estimate of drug-likeness (QED) is 0.547. The Bertz CT molecular complexity index is 143.